The van der Waals surface area contributed by atoms with Gasteiger partial charge in [-0.05, 0) is 31.4 Å². The summed E-state index contributed by atoms with van der Waals surface area (Å²) in [4.78, 5) is -0.255. The summed E-state index contributed by atoms with van der Waals surface area (Å²) in [6, 6.07) is 4.37. The molecule has 1 fully saturated rings. The quantitative estimate of drug-likeness (QED) is 0.855. The number of benzene rings is 1. The van der Waals surface area contributed by atoms with Crippen LogP contribution in [0.4, 0.5) is 4.39 Å². The van der Waals surface area contributed by atoms with E-state index in [0.717, 1.165) is 12.8 Å². The highest BCUT2D eigenvalue weighted by molar-refractivity contribution is 7.89. The second kappa shape index (κ2) is 3.57. The Morgan fingerprint density at radius 3 is 2.67 bits per heavy atom. The Hall–Kier alpha value is -0.940. The zero-order valence-corrected chi connectivity index (χ0v) is 9.14. The van der Waals surface area contributed by atoms with Gasteiger partial charge >= 0.3 is 0 Å². The highest BCUT2D eigenvalue weighted by Crippen LogP contribution is 2.24. The van der Waals surface area contributed by atoms with Crippen LogP contribution in [-0.2, 0) is 10.0 Å². The maximum Gasteiger partial charge on any atom is 0.243 e. The van der Waals surface area contributed by atoms with Crippen LogP contribution in [0.2, 0.25) is 0 Å². The van der Waals surface area contributed by atoms with E-state index < -0.39 is 15.8 Å². The van der Waals surface area contributed by atoms with Gasteiger partial charge in [0.15, 0.2) is 0 Å². The summed E-state index contributed by atoms with van der Waals surface area (Å²) in [6.07, 6.45) is 1.68. The molecule has 0 amide bonds. The van der Waals surface area contributed by atoms with Crippen LogP contribution in [0.1, 0.15) is 18.4 Å². The van der Waals surface area contributed by atoms with E-state index in [4.69, 9.17) is 0 Å². The molecule has 1 aliphatic rings. The highest BCUT2D eigenvalue weighted by atomic mass is 32.2. The second-order valence-electron chi connectivity index (χ2n) is 3.78. The Labute approximate surface area is 88.4 Å². The molecule has 82 valence electrons. The molecular weight excluding hydrogens is 217 g/mol. The number of hydrogen-bond donors (Lipinski definition) is 1. The van der Waals surface area contributed by atoms with Crippen molar-refractivity contribution in [3.63, 3.8) is 0 Å². The maximum absolute atomic E-state index is 13.5. The summed E-state index contributed by atoms with van der Waals surface area (Å²) in [5, 5.41) is 0. The van der Waals surface area contributed by atoms with Crippen LogP contribution in [0.25, 0.3) is 0 Å². The lowest BCUT2D eigenvalue weighted by Crippen LogP contribution is -2.26. The van der Waals surface area contributed by atoms with Crippen molar-refractivity contribution in [1.82, 2.24) is 4.72 Å². The Bertz CT molecular complexity index is 480. The van der Waals surface area contributed by atoms with Gasteiger partial charge < -0.3 is 0 Å². The lowest BCUT2D eigenvalue weighted by Gasteiger charge is -2.07. The normalized spacial score (nSPS) is 16.7. The molecule has 1 N–H and O–H groups in total. The van der Waals surface area contributed by atoms with Crippen LogP contribution in [0.15, 0.2) is 23.1 Å². The van der Waals surface area contributed by atoms with Crippen molar-refractivity contribution >= 4 is 10.0 Å². The zero-order chi connectivity index (χ0) is 11.1. The first kappa shape index (κ1) is 10.6. The molecule has 2 rings (SSSR count). The minimum Gasteiger partial charge on any atom is -0.208 e. The van der Waals surface area contributed by atoms with Crippen molar-refractivity contribution in [1.29, 1.82) is 0 Å². The third-order valence-electron chi connectivity index (χ3n) is 2.35. The molecule has 0 bridgehead atoms. The first-order chi connectivity index (χ1) is 7.00. The Kier molecular flexibility index (Phi) is 2.52. The second-order valence-corrected chi connectivity index (χ2v) is 5.46. The first-order valence-corrected chi connectivity index (χ1v) is 6.26. The van der Waals surface area contributed by atoms with Crippen LogP contribution >= 0.6 is 0 Å². The van der Waals surface area contributed by atoms with Gasteiger partial charge in [0, 0.05) is 6.04 Å². The van der Waals surface area contributed by atoms with Gasteiger partial charge in [0.1, 0.15) is 10.7 Å². The van der Waals surface area contributed by atoms with Crippen molar-refractivity contribution in [3.8, 4) is 0 Å². The number of sulfonamides is 1. The predicted octanol–water partition coefficient (Wildman–Crippen LogP) is 1.57. The SMILES string of the molecule is Cc1cccc(S(=O)(=O)NC2CC2)c1F. The Morgan fingerprint density at radius 2 is 2.07 bits per heavy atom. The van der Waals surface area contributed by atoms with Gasteiger partial charge in [0.05, 0.1) is 0 Å². The largest absolute Gasteiger partial charge is 0.243 e. The third kappa shape index (κ3) is 2.18. The van der Waals surface area contributed by atoms with E-state index in [1.54, 1.807) is 19.1 Å². The molecular formula is C10H12FNO2S. The summed E-state index contributed by atoms with van der Waals surface area (Å²) < 4.78 is 39.4. The van der Waals surface area contributed by atoms with Crippen molar-refractivity contribution in [2.45, 2.75) is 30.7 Å². The van der Waals surface area contributed by atoms with Gasteiger partial charge in [0.25, 0.3) is 0 Å². The topological polar surface area (TPSA) is 46.2 Å². The number of aryl methyl sites for hydroxylation is 1. The van der Waals surface area contributed by atoms with E-state index in [9.17, 15) is 12.8 Å². The molecule has 1 aromatic carbocycles. The monoisotopic (exact) mass is 229 g/mol. The number of rotatable bonds is 3. The number of halogens is 1. The fraction of sp³-hybridized carbons (Fsp3) is 0.400. The van der Waals surface area contributed by atoms with Gasteiger partial charge in [-0.2, -0.15) is 0 Å². The van der Waals surface area contributed by atoms with Crippen molar-refractivity contribution in [2.75, 3.05) is 0 Å². The van der Waals surface area contributed by atoms with E-state index in [1.807, 2.05) is 0 Å². The van der Waals surface area contributed by atoms with Gasteiger partial charge in [0.2, 0.25) is 10.0 Å². The number of nitrogens with one attached hydrogen (secondary N) is 1. The molecule has 1 aliphatic carbocycles. The molecule has 0 saturated heterocycles. The minimum atomic E-state index is -3.68. The molecule has 0 heterocycles. The summed E-state index contributed by atoms with van der Waals surface area (Å²) in [7, 11) is -3.68. The molecule has 0 atom stereocenters. The van der Waals surface area contributed by atoms with E-state index >= 15 is 0 Å². The van der Waals surface area contributed by atoms with Gasteiger partial charge in [-0.1, -0.05) is 12.1 Å². The lowest BCUT2D eigenvalue weighted by atomic mass is 10.2. The molecule has 5 heteroatoms. The Balaban J connectivity index is 2.39. The summed E-state index contributed by atoms with van der Waals surface area (Å²) in [5.74, 6) is -0.661. The molecule has 1 saturated carbocycles. The van der Waals surface area contributed by atoms with E-state index in [2.05, 4.69) is 4.72 Å². The van der Waals surface area contributed by atoms with Crippen molar-refractivity contribution in [2.24, 2.45) is 0 Å². The van der Waals surface area contributed by atoms with Gasteiger partial charge in [-0.3, -0.25) is 0 Å². The summed E-state index contributed by atoms with van der Waals surface area (Å²) in [6.45, 7) is 1.55. The molecule has 0 unspecified atom stereocenters. The Morgan fingerprint density at radius 1 is 1.40 bits per heavy atom. The minimum absolute atomic E-state index is 0.00471. The molecule has 3 nitrogen and oxygen atoms in total. The predicted molar refractivity (Wildman–Crippen MR) is 54.5 cm³/mol. The standard InChI is InChI=1S/C10H12FNO2S/c1-7-3-2-4-9(10(7)11)15(13,14)12-8-5-6-8/h2-4,8,12H,5-6H2,1H3. The fourth-order valence-electron chi connectivity index (χ4n) is 1.31. The molecule has 0 radical (unpaired) electrons. The van der Waals surface area contributed by atoms with Crippen molar-refractivity contribution in [3.05, 3.63) is 29.6 Å². The third-order valence-corrected chi connectivity index (χ3v) is 3.88. The van der Waals surface area contributed by atoms with Crippen LogP contribution < -0.4 is 4.72 Å². The summed E-state index contributed by atoms with van der Waals surface area (Å²) >= 11 is 0. The highest BCUT2D eigenvalue weighted by Gasteiger charge is 2.29. The fourth-order valence-corrected chi connectivity index (χ4v) is 2.77. The average Bonchev–Trinajstić information content (AvgIpc) is 2.92. The van der Waals surface area contributed by atoms with Crippen LogP contribution in [0, 0.1) is 12.7 Å². The summed E-state index contributed by atoms with van der Waals surface area (Å²) in [5.41, 5.74) is 0.341. The maximum atomic E-state index is 13.5. The smallest absolute Gasteiger partial charge is 0.208 e. The molecule has 0 aliphatic heterocycles. The van der Waals surface area contributed by atoms with Crippen LogP contribution in [0.3, 0.4) is 0 Å². The molecule has 0 spiro atoms. The van der Waals surface area contributed by atoms with Gasteiger partial charge in [-0.15, -0.1) is 0 Å². The number of hydrogen-bond acceptors (Lipinski definition) is 2. The first-order valence-electron chi connectivity index (χ1n) is 4.78. The van der Waals surface area contributed by atoms with Gasteiger partial charge in [-0.25, -0.2) is 17.5 Å². The molecule has 1 aromatic rings. The van der Waals surface area contributed by atoms with Crippen LogP contribution in [-0.4, -0.2) is 14.5 Å². The zero-order valence-electron chi connectivity index (χ0n) is 8.33. The van der Waals surface area contributed by atoms with Crippen LogP contribution in [0.5, 0.6) is 0 Å². The molecule has 0 aromatic heterocycles. The van der Waals surface area contributed by atoms with E-state index in [1.165, 1.54) is 6.07 Å². The van der Waals surface area contributed by atoms with E-state index in [0.29, 0.717) is 5.56 Å². The molecule has 15 heavy (non-hydrogen) atoms. The average molecular weight is 229 g/mol. The van der Waals surface area contributed by atoms with E-state index in [-0.39, 0.29) is 10.9 Å². The lowest BCUT2D eigenvalue weighted by molar-refractivity contribution is 0.553. The van der Waals surface area contributed by atoms with Crippen molar-refractivity contribution < 1.29 is 12.8 Å².